The van der Waals surface area contributed by atoms with E-state index in [4.69, 9.17) is 32.7 Å². The summed E-state index contributed by atoms with van der Waals surface area (Å²) in [6.45, 7) is 4.28. The molecule has 1 aromatic rings. The van der Waals surface area contributed by atoms with Gasteiger partial charge in [-0.1, -0.05) is 31.9 Å². The van der Waals surface area contributed by atoms with Crippen molar-refractivity contribution in [3.05, 3.63) is 22.7 Å². The predicted molar refractivity (Wildman–Crippen MR) is 77.2 cm³/mol. The molecule has 102 valence electrons. The van der Waals surface area contributed by atoms with E-state index in [2.05, 4.69) is 13.8 Å². The van der Waals surface area contributed by atoms with Crippen molar-refractivity contribution >= 4 is 23.2 Å². The third kappa shape index (κ3) is 3.46. The SMILES string of the molecule is CCCC(C)C(Cl)c1cc(OC)c(OC)cc1Cl. The van der Waals surface area contributed by atoms with Gasteiger partial charge in [0.15, 0.2) is 11.5 Å². The van der Waals surface area contributed by atoms with Gasteiger partial charge >= 0.3 is 0 Å². The molecule has 0 bridgehead atoms. The first-order chi connectivity index (χ1) is 8.54. The van der Waals surface area contributed by atoms with Crippen LogP contribution in [-0.4, -0.2) is 14.2 Å². The van der Waals surface area contributed by atoms with Crippen molar-refractivity contribution in [2.75, 3.05) is 14.2 Å². The largest absolute Gasteiger partial charge is 0.493 e. The van der Waals surface area contributed by atoms with Gasteiger partial charge in [0.25, 0.3) is 0 Å². The molecule has 1 aromatic carbocycles. The van der Waals surface area contributed by atoms with Crippen LogP contribution < -0.4 is 9.47 Å². The Balaban J connectivity index is 3.08. The van der Waals surface area contributed by atoms with Crippen molar-refractivity contribution in [3.63, 3.8) is 0 Å². The minimum atomic E-state index is -0.114. The van der Waals surface area contributed by atoms with Gasteiger partial charge < -0.3 is 9.47 Å². The number of rotatable bonds is 6. The zero-order valence-electron chi connectivity index (χ0n) is 11.3. The number of alkyl halides is 1. The van der Waals surface area contributed by atoms with Gasteiger partial charge in [-0.3, -0.25) is 0 Å². The lowest BCUT2D eigenvalue weighted by Gasteiger charge is -2.20. The third-order valence-corrected chi connectivity index (χ3v) is 4.04. The number of halogens is 2. The van der Waals surface area contributed by atoms with Crippen LogP contribution in [-0.2, 0) is 0 Å². The van der Waals surface area contributed by atoms with E-state index in [0.717, 1.165) is 18.4 Å². The Labute approximate surface area is 119 Å². The van der Waals surface area contributed by atoms with Gasteiger partial charge in [0.05, 0.1) is 19.6 Å². The van der Waals surface area contributed by atoms with Crippen LogP contribution in [0.15, 0.2) is 12.1 Å². The first kappa shape index (κ1) is 15.5. The number of methoxy groups -OCH3 is 2. The van der Waals surface area contributed by atoms with E-state index in [-0.39, 0.29) is 5.38 Å². The number of benzene rings is 1. The maximum atomic E-state index is 6.48. The van der Waals surface area contributed by atoms with Crippen molar-refractivity contribution in [2.45, 2.75) is 32.1 Å². The Morgan fingerprint density at radius 2 is 1.72 bits per heavy atom. The van der Waals surface area contributed by atoms with Crippen molar-refractivity contribution in [2.24, 2.45) is 5.92 Å². The number of ether oxygens (including phenoxy) is 2. The summed E-state index contributed by atoms with van der Waals surface area (Å²) in [7, 11) is 3.19. The molecule has 0 amide bonds. The second-order valence-corrected chi connectivity index (χ2v) is 5.27. The standard InChI is InChI=1S/C14H20Cl2O2/c1-5-6-9(2)14(16)10-7-12(17-3)13(18-4)8-11(10)15/h7-9,14H,5-6H2,1-4H3. The summed E-state index contributed by atoms with van der Waals surface area (Å²) in [5, 5.41) is 0.507. The van der Waals surface area contributed by atoms with E-state index in [1.807, 2.05) is 6.07 Å². The molecule has 0 fully saturated rings. The van der Waals surface area contributed by atoms with E-state index in [1.54, 1.807) is 20.3 Å². The lowest BCUT2D eigenvalue weighted by Crippen LogP contribution is -2.05. The Morgan fingerprint density at radius 1 is 1.17 bits per heavy atom. The van der Waals surface area contributed by atoms with Crippen molar-refractivity contribution < 1.29 is 9.47 Å². The van der Waals surface area contributed by atoms with Crippen LogP contribution in [0.2, 0.25) is 5.02 Å². The Kier molecular flexibility index (Phi) is 6.10. The normalized spacial score (nSPS) is 14.1. The van der Waals surface area contributed by atoms with Crippen LogP contribution in [0.3, 0.4) is 0 Å². The monoisotopic (exact) mass is 290 g/mol. The van der Waals surface area contributed by atoms with E-state index in [9.17, 15) is 0 Å². The fourth-order valence-electron chi connectivity index (χ4n) is 1.99. The lowest BCUT2D eigenvalue weighted by molar-refractivity contribution is 0.354. The molecule has 18 heavy (non-hydrogen) atoms. The first-order valence-electron chi connectivity index (χ1n) is 6.10. The van der Waals surface area contributed by atoms with Gasteiger partial charge in [0.1, 0.15) is 0 Å². The maximum Gasteiger partial charge on any atom is 0.162 e. The minimum Gasteiger partial charge on any atom is -0.493 e. The lowest BCUT2D eigenvalue weighted by atomic mass is 9.96. The molecule has 0 radical (unpaired) electrons. The molecule has 0 heterocycles. The van der Waals surface area contributed by atoms with Gasteiger partial charge in [0, 0.05) is 11.1 Å². The van der Waals surface area contributed by atoms with Crippen molar-refractivity contribution in [3.8, 4) is 11.5 Å². The molecule has 0 spiro atoms. The van der Waals surface area contributed by atoms with E-state index >= 15 is 0 Å². The van der Waals surface area contributed by atoms with Crippen molar-refractivity contribution in [1.29, 1.82) is 0 Å². The summed E-state index contributed by atoms with van der Waals surface area (Å²) in [6.07, 6.45) is 2.17. The topological polar surface area (TPSA) is 18.5 Å². The molecule has 1 rings (SSSR count). The van der Waals surface area contributed by atoms with Crippen LogP contribution in [0, 0.1) is 5.92 Å². The molecule has 0 aliphatic rings. The number of hydrogen-bond donors (Lipinski definition) is 0. The molecule has 0 aromatic heterocycles. The van der Waals surface area contributed by atoms with Gasteiger partial charge in [0.2, 0.25) is 0 Å². The zero-order valence-corrected chi connectivity index (χ0v) is 12.8. The quantitative estimate of drug-likeness (QED) is 0.681. The van der Waals surface area contributed by atoms with Gasteiger partial charge in [-0.05, 0) is 24.0 Å². The van der Waals surface area contributed by atoms with Crippen LogP contribution >= 0.6 is 23.2 Å². The highest BCUT2D eigenvalue weighted by atomic mass is 35.5. The molecule has 0 aliphatic carbocycles. The van der Waals surface area contributed by atoms with Crippen LogP contribution in [0.1, 0.15) is 37.6 Å². The molecule has 4 heteroatoms. The molecule has 0 N–H and O–H groups in total. The average Bonchev–Trinajstić information content (AvgIpc) is 2.37. The third-order valence-electron chi connectivity index (χ3n) is 3.04. The highest BCUT2D eigenvalue weighted by molar-refractivity contribution is 6.33. The zero-order chi connectivity index (χ0) is 13.7. The Bertz CT molecular complexity index is 394. The van der Waals surface area contributed by atoms with E-state index in [1.165, 1.54) is 0 Å². The minimum absolute atomic E-state index is 0.114. The molecule has 0 saturated heterocycles. The van der Waals surface area contributed by atoms with Crippen LogP contribution in [0.4, 0.5) is 0 Å². The Morgan fingerprint density at radius 3 is 2.22 bits per heavy atom. The van der Waals surface area contributed by atoms with Crippen LogP contribution in [0.25, 0.3) is 0 Å². The summed E-state index contributed by atoms with van der Waals surface area (Å²) >= 11 is 12.7. The molecule has 0 aliphatic heterocycles. The van der Waals surface area contributed by atoms with Gasteiger partial charge in [-0.2, -0.15) is 0 Å². The summed E-state index contributed by atoms with van der Waals surface area (Å²) < 4.78 is 10.5. The fourth-order valence-corrected chi connectivity index (χ4v) is 2.62. The molecule has 0 saturated carbocycles. The Hall–Kier alpha value is -0.600. The van der Waals surface area contributed by atoms with Gasteiger partial charge in [-0.25, -0.2) is 0 Å². The molecular formula is C14H20Cl2O2. The van der Waals surface area contributed by atoms with Crippen LogP contribution in [0.5, 0.6) is 11.5 Å². The maximum absolute atomic E-state index is 6.48. The summed E-state index contributed by atoms with van der Waals surface area (Å²) in [4.78, 5) is 0. The highest BCUT2D eigenvalue weighted by Crippen LogP contribution is 2.41. The highest BCUT2D eigenvalue weighted by Gasteiger charge is 2.21. The summed E-state index contributed by atoms with van der Waals surface area (Å²) in [5.74, 6) is 1.65. The van der Waals surface area contributed by atoms with E-state index < -0.39 is 0 Å². The summed E-state index contributed by atoms with van der Waals surface area (Å²) in [5.41, 5.74) is 0.900. The average molecular weight is 291 g/mol. The molecule has 2 nitrogen and oxygen atoms in total. The first-order valence-corrected chi connectivity index (χ1v) is 6.92. The molecule has 2 unspecified atom stereocenters. The smallest absolute Gasteiger partial charge is 0.162 e. The predicted octanol–water partition coefficient (Wildman–Crippen LogP) is 5.07. The summed E-state index contributed by atoms with van der Waals surface area (Å²) in [6, 6.07) is 3.62. The second kappa shape index (κ2) is 7.10. The van der Waals surface area contributed by atoms with Gasteiger partial charge in [-0.15, -0.1) is 11.6 Å². The van der Waals surface area contributed by atoms with Crippen molar-refractivity contribution in [1.82, 2.24) is 0 Å². The fraction of sp³-hybridized carbons (Fsp3) is 0.571. The van der Waals surface area contributed by atoms with E-state index in [0.29, 0.717) is 22.4 Å². The number of hydrogen-bond acceptors (Lipinski definition) is 2. The second-order valence-electron chi connectivity index (χ2n) is 4.40. The molecule has 2 atom stereocenters. The molecular weight excluding hydrogens is 271 g/mol.